The Balaban J connectivity index is 1.83. The van der Waals surface area contributed by atoms with Crippen LogP contribution in [0, 0.1) is 25.2 Å². The van der Waals surface area contributed by atoms with Crippen LogP contribution in [0.1, 0.15) is 22.8 Å². The second-order valence-corrected chi connectivity index (χ2v) is 7.29. The molecule has 0 aliphatic carbocycles. The second-order valence-electron chi connectivity index (χ2n) is 6.51. The molecule has 4 aromatic rings. The fourth-order valence-corrected chi connectivity index (χ4v) is 3.74. The second kappa shape index (κ2) is 7.20. The minimum atomic E-state index is 0.466. The van der Waals surface area contributed by atoms with Crippen LogP contribution in [-0.4, -0.2) is 14.5 Å². The molecule has 4 nitrogen and oxygen atoms in total. The number of nitrogens with one attached hydrogen (secondary N) is 1. The monoisotopic (exact) mass is 406 g/mol. The molecule has 0 fully saturated rings. The predicted octanol–water partition coefficient (Wildman–Crippen LogP) is 6.34. The Morgan fingerprint density at radius 1 is 1.14 bits per heavy atom. The van der Waals surface area contributed by atoms with Gasteiger partial charge in [-0.1, -0.05) is 41.4 Å². The van der Waals surface area contributed by atoms with Crippen molar-refractivity contribution in [2.75, 3.05) is 0 Å². The van der Waals surface area contributed by atoms with Gasteiger partial charge in [-0.05, 0) is 55.8 Å². The maximum Gasteiger partial charge on any atom is 0.149 e. The summed E-state index contributed by atoms with van der Waals surface area (Å²) in [6.45, 7) is 3.98. The minimum Gasteiger partial charge on any atom is -0.337 e. The van der Waals surface area contributed by atoms with Gasteiger partial charge in [0, 0.05) is 11.4 Å². The summed E-state index contributed by atoms with van der Waals surface area (Å²) in [6, 6.07) is 17.5. The Hall–Kier alpha value is -3.00. The number of nitrogens with zero attached hydrogens (tertiary/aromatic N) is 3. The van der Waals surface area contributed by atoms with Gasteiger partial charge in [-0.3, -0.25) is 0 Å². The number of para-hydroxylation sites is 2. The summed E-state index contributed by atoms with van der Waals surface area (Å²) in [5.41, 5.74) is 5.88. The van der Waals surface area contributed by atoms with Crippen molar-refractivity contribution in [2.45, 2.75) is 13.8 Å². The van der Waals surface area contributed by atoms with E-state index in [2.05, 4.69) is 16.0 Å². The van der Waals surface area contributed by atoms with Gasteiger partial charge in [0.1, 0.15) is 11.9 Å². The Morgan fingerprint density at radius 3 is 2.68 bits per heavy atom. The summed E-state index contributed by atoms with van der Waals surface area (Å²) in [5.74, 6) is 0.550. The van der Waals surface area contributed by atoms with E-state index in [1.807, 2.05) is 67.0 Å². The molecule has 0 saturated heterocycles. The Labute approximate surface area is 172 Å². The van der Waals surface area contributed by atoms with E-state index >= 15 is 0 Å². The summed E-state index contributed by atoms with van der Waals surface area (Å²) < 4.78 is 2.04. The van der Waals surface area contributed by atoms with E-state index < -0.39 is 0 Å². The van der Waals surface area contributed by atoms with Crippen LogP contribution in [0.5, 0.6) is 0 Å². The van der Waals surface area contributed by atoms with Crippen LogP contribution in [0.15, 0.2) is 48.5 Å². The summed E-state index contributed by atoms with van der Waals surface area (Å²) in [5, 5.41) is 10.7. The van der Waals surface area contributed by atoms with Gasteiger partial charge in [-0.2, -0.15) is 5.26 Å². The number of aromatic amines is 1. The lowest BCUT2D eigenvalue weighted by molar-refractivity contribution is 0.965. The molecule has 0 unspecified atom stereocenters. The molecule has 0 aliphatic heterocycles. The van der Waals surface area contributed by atoms with Crippen molar-refractivity contribution in [2.24, 2.45) is 0 Å². The van der Waals surface area contributed by atoms with Crippen molar-refractivity contribution in [1.29, 1.82) is 5.26 Å². The molecule has 2 aromatic carbocycles. The zero-order valence-electron chi connectivity index (χ0n) is 15.3. The molecule has 2 heterocycles. The molecule has 6 heteroatoms. The molecule has 0 aliphatic rings. The molecule has 0 spiro atoms. The number of rotatable bonds is 3. The standard InChI is InChI=1S/C22H16Cl2N4/c1-13-10-15(14(2)28(13)20-9-5-6-17(23)21(20)24)11-16(12-25)22-26-18-7-3-4-8-19(18)27-22/h3-11H,1-2H3,(H,26,27). The highest BCUT2D eigenvalue weighted by Gasteiger charge is 2.15. The average Bonchev–Trinajstić information content (AvgIpc) is 3.23. The van der Waals surface area contributed by atoms with E-state index in [1.165, 1.54) is 0 Å². The van der Waals surface area contributed by atoms with Crippen molar-refractivity contribution < 1.29 is 0 Å². The zero-order valence-corrected chi connectivity index (χ0v) is 16.8. The quantitative estimate of drug-likeness (QED) is 0.403. The lowest BCUT2D eigenvalue weighted by Crippen LogP contribution is -2.00. The van der Waals surface area contributed by atoms with E-state index in [1.54, 1.807) is 6.07 Å². The number of hydrogen-bond acceptors (Lipinski definition) is 2. The number of allylic oxidation sites excluding steroid dienone is 1. The Morgan fingerprint density at radius 2 is 1.93 bits per heavy atom. The lowest BCUT2D eigenvalue weighted by atomic mass is 10.1. The van der Waals surface area contributed by atoms with Crippen molar-refractivity contribution in [3.8, 4) is 11.8 Å². The molecule has 2 aromatic heterocycles. The molecule has 0 atom stereocenters. The van der Waals surface area contributed by atoms with E-state index in [0.717, 1.165) is 33.7 Å². The summed E-state index contributed by atoms with van der Waals surface area (Å²) in [4.78, 5) is 7.74. The summed E-state index contributed by atoms with van der Waals surface area (Å²) in [7, 11) is 0. The summed E-state index contributed by atoms with van der Waals surface area (Å²) >= 11 is 12.6. The van der Waals surface area contributed by atoms with Crippen LogP contribution < -0.4 is 0 Å². The van der Waals surface area contributed by atoms with Gasteiger partial charge >= 0.3 is 0 Å². The van der Waals surface area contributed by atoms with Crippen molar-refractivity contribution in [1.82, 2.24) is 14.5 Å². The van der Waals surface area contributed by atoms with Crippen LogP contribution in [-0.2, 0) is 0 Å². The molecule has 0 saturated carbocycles. The number of hydrogen-bond donors (Lipinski definition) is 1. The van der Waals surface area contributed by atoms with Crippen LogP contribution in [0.25, 0.3) is 28.4 Å². The normalized spacial score (nSPS) is 11.8. The van der Waals surface area contributed by atoms with Gasteiger partial charge in [0.25, 0.3) is 0 Å². The molecule has 0 amide bonds. The smallest absolute Gasteiger partial charge is 0.149 e. The molecule has 4 rings (SSSR count). The molecule has 138 valence electrons. The van der Waals surface area contributed by atoms with Crippen molar-refractivity contribution in [3.63, 3.8) is 0 Å². The van der Waals surface area contributed by atoms with Crippen LogP contribution in [0.4, 0.5) is 0 Å². The van der Waals surface area contributed by atoms with Crippen molar-refractivity contribution >= 4 is 45.9 Å². The summed E-state index contributed by atoms with van der Waals surface area (Å²) in [6.07, 6.45) is 1.84. The fourth-order valence-electron chi connectivity index (χ4n) is 3.36. The number of H-pyrrole nitrogens is 1. The van der Waals surface area contributed by atoms with Gasteiger partial charge in [-0.15, -0.1) is 0 Å². The van der Waals surface area contributed by atoms with Gasteiger partial charge in [0.05, 0.1) is 32.3 Å². The fraction of sp³-hybridized carbons (Fsp3) is 0.0909. The number of nitriles is 1. The third-order valence-corrected chi connectivity index (χ3v) is 5.52. The lowest BCUT2D eigenvalue weighted by Gasteiger charge is -2.12. The highest BCUT2D eigenvalue weighted by atomic mass is 35.5. The molecule has 0 radical (unpaired) electrons. The van der Waals surface area contributed by atoms with Crippen LogP contribution in [0.2, 0.25) is 10.0 Å². The topological polar surface area (TPSA) is 57.4 Å². The van der Waals surface area contributed by atoms with Gasteiger partial charge in [0.2, 0.25) is 0 Å². The first-order valence-electron chi connectivity index (χ1n) is 8.70. The van der Waals surface area contributed by atoms with E-state index in [-0.39, 0.29) is 0 Å². The Bertz CT molecular complexity index is 1240. The number of aromatic nitrogens is 3. The number of fused-ring (bicyclic) bond motifs is 1. The highest BCUT2D eigenvalue weighted by molar-refractivity contribution is 6.43. The molecule has 0 bridgehead atoms. The number of aryl methyl sites for hydroxylation is 1. The third-order valence-electron chi connectivity index (χ3n) is 4.71. The first-order chi connectivity index (χ1) is 13.5. The van der Waals surface area contributed by atoms with Crippen LogP contribution >= 0.6 is 23.2 Å². The van der Waals surface area contributed by atoms with Gasteiger partial charge < -0.3 is 9.55 Å². The van der Waals surface area contributed by atoms with E-state index in [4.69, 9.17) is 23.2 Å². The van der Waals surface area contributed by atoms with E-state index in [0.29, 0.717) is 21.4 Å². The van der Waals surface area contributed by atoms with Gasteiger partial charge in [0.15, 0.2) is 0 Å². The van der Waals surface area contributed by atoms with Gasteiger partial charge in [-0.25, -0.2) is 4.98 Å². The SMILES string of the molecule is Cc1cc(C=C(C#N)c2nc3ccccc3[nH]2)c(C)n1-c1cccc(Cl)c1Cl. The number of benzene rings is 2. The third kappa shape index (κ3) is 3.09. The maximum absolute atomic E-state index is 9.71. The largest absolute Gasteiger partial charge is 0.337 e. The first kappa shape index (κ1) is 18.4. The predicted molar refractivity (Wildman–Crippen MR) is 115 cm³/mol. The van der Waals surface area contributed by atoms with Crippen LogP contribution in [0.3, 0.4) is 0 Å². The Kier molecular flexibility index (Phi) is 4.72. The molecule has 1 N–H and O–H groups in total. The van der Waals surface area contributed by atoms with Crippen molar-refractivity contribution in [3.05, 3.63) is 81.4 Å². The average molecular weight is 407 g/mol. The minimum absolute atomic E-state index is 0.466. The highest BCUT2D eigenvalue weighted by Crippen LogP contribution is 2.32. The molecular weight excluding hydrogens is 391 g/mol. The molecule has 28 heavy (non-hydrogen) atoms. The number of imidazole rings is 1. The number of halogens is 2. The maximum atomic E-state index is 9.71. The van der Waals surface area contributed by atoms with E-state index in [9.17, 15) is 5.26 Å². The molecular formula is C22H16Cl2N4. The zero-order chi connectivity index (χ0) is 19.8. The first-order valence-corrected chi connectivity index (χ1v) is 9.45.